The molecular formula is C13H21F4NO. The highest BCUT2D eigenvalue weighted by atomic mass is 19.3. The summed E-state index contributed by atoms with van der Waals surface area (Å²) >= 11 is 0. The Hall–Kier alpha value is -0.800. The molecule has 6 heteroatoms. The molecule has 1 atom stereocenters. The van der Waals surface area contributed by atoms with Gasteiger partial charge in [0.2, 0.25) is 0 Å². The minimum absolute atomic E-state index is 0.0201. The van der Waals surface area contributed by atoms with E-state index in [-0.39, 0.29) is 12.6 Å². The largest absolute Gasteiger partial charge is 0.373 e. The Balaban J connectivity index is 4.05. The molecule has 0 aromatic rings. The van der Waals surface area contributed by atoms with E-state index < -0.39 is 19.0 Å². The van der Waals surface area contributed by atoms with Gasteiger partial charge in [0.05, 0.1) is 6.61 Å². The first-order valence-electron chi connectivity index (χ1n) is 6.30. The van der Waals surface area contributed by atoms with Crippen LogP contribution in [0.4, 0.5) is 17.6 Å². The Labute approximate surface area is 111 Å². The van der Waals surface area contributed by atoms with Crippen LogP contribution in [0, 0.1) is 11.8 Å². The zero-order valence-electron chi connectivity index (χ0n) is 11.3. The fraction of sp³-hybridized carbons (Fsp3) is 0.846. The Morgan fingerprint density at radius 2 is 2.00 bits per heavy atom. The predicted octanol–water partition coefficient (Wildman–Crippen LogP) is 3.08. The molecule has 0 saturated heterocycles. The minimum atomic E-state index is -4.08. The highest BCUT2D eigenvalue weighted by Gasteiger charge is 2.41. The van der Waals surface area contributed by atoms with Gasteiger partial charge in [0.15, 0.2) is 0 Å². The molecule has 0 heterocycles. The van der Waals surface area contributed by atoms with E-state index in [0.29, 0.717) is 12.8 Å². The van der Waals surface area contributed by atoms with Gasteiger partial charge in [0.25, 0.3) is 0 Å². The molecule has 0 aromatic carbocycles. The molecule has 2 nitrogen and oxygen atoms in total. The summed E-state index contributed by atoms with van der Waals surface area (Å²) in [5.74, 6) is 1.52. The van der Waals surface area contributed by atoms with Crippen LogP contribution < -0.4 is 5.32 Å². The van der Waals surface area contributed by atoms with Gasteiger partial charge in [-0.2, -0.15) is 8.78 Å². The predicted molar refractivity (Wildman–Crippen MR) is 66.5 cm³/mol. The van der Waals surface area contributed by atoms with Crippen LogP contribution in [0.3, 0.4) is 0 Å². The molecule has 0 aliphatic carbocycles. The summed E-state index contributed by atoms with van der Waals surface area (Å²) in [6.07, 6.45) is -1.54. The maximum atomic E-state index is 12.6. The lowest BCUT2D eigenvalue weighted by Crippen LogP contribution is -2.38. The molecule has 0 bridgehead atoms. The van der Waals surface area contributed by atoms with Crippen molar-refractivity contribution in [2.24, 2.45) is 0 Å². The summed E-state index contributed by atoms with van der Waals surface area (Å²) < 4.78 is 53.8. The van der Waals surface area contributed by atoms with Gasteiger partial charge in [-0.15, -0.1) is 11.8 Å². The highest BCUT2D eigenvalue weighted by Crippen LogP contribution is 2.22. The van der Waals surface area contributed by atoms with Crippen LogP contribution >= 0.6 is 0 Å². The second-order valence-electron chi connectivity index (χ2n) is 4.19. The molecule has 0 rings (SSSR count). The van der Waals surface area contributed by atoms with E-state index in [1.807, 2.05) is 6.92 Å². The fourth-order valence-electron chi connectivity index (χ4n) is 1.36. The number of hydrogen-bond acceptors (Lipinski definition) is 2. The molecule has 112 valence electrons. The lowest BCUT2D eigenvalue weighted by molar-refractivity contribution is -0.167. The van der Waals surface area contributed by atoms with Crippen molar-refractivity contribution in [3.63, 3.8) is 0 Å². The molecule has 0 amide bonds. The van der Waals surface area contributed by atoms with Crippen molar-refractivity contribution in [1.29, 1.82) is 0 Å². The van der Waals surface area contributed by atoms with Gasteiger partial charge < -0.3 is 10.1 Å². The van der Waals surface area contributed by atoms with Gasteiger partial charge in [-0.05, 0) is 26.3 Å². The summed E-state index contributed by atoms with van der Waals surface area (Å²) in [6.45, 7) is 3.14. The zero-order valence-corrected chi connectivity index (χ0v) is 11.3. The van der Waals surface area contributed by atoms with E-state index in [1.165, 1.54) is 0 Å². The maximum Gasteiger partial charge on any atom is 0.330 e. The smallest absolute Gasteiger partial charge is 0.330 e. The number of ether oxygens (including phenoxy) is 1. The normalized spacial score (nSPS) is 13.2. The first-order valence-corrected chi connectivity index (χ1v) is 6.30. The summed E-state index contributed by atoms with van der Waals surface area (Å²) in [7, 11) is 0. The molecule has 0 aliphatic heterocycles. The molecule has 0 fully saturated rings. The zero-order chi connectivity index (χ0) is 14.7. The van der Waals surface area contributed by atoms with Crippen LogP contribution in [-0.4, -0.2) is 38.1 Å². The Bertz CT molecular complexity index is 286. The number of nitrogens with one attached hydrogen (secondary N) is 1. The summed E-state index contributed by atoms with van der Waals surface area (Å²) in [5.41, 5.74) is 0. The van der Waals surface area contributed by atoms with Crippen molar-refractivity contribution >= 4 is 0 Å². The Morgan fingerprint density at radius 3 is 2.53 bits per heavy atom. The topological polar surface area (TPSA) is 21.3 Å². The number of alkyl halides is 4. The fourth-order valence-corrected chi connectivity index (χ4v) is 1.36. The SMILES string of the molecule is CC#CCCC(COCC(F)(F)C(F)F)NCCC. The quantitative estimate of drug-likeness (QED) is 0.491. The summed E-state index contributed by atoms with van der Waals surface area (Å²) in [6, 6.07) is -0.144. The van der Waals surface area contributed by atoms with E-state index >= 15 is 0 Å². The first-order chi connectivity index (χ1) is 8.94. The Kier molecular flexibility index (Phi) is 9.62. The molecular weight excluding hydrogens is 262 g/mol. The lowest BCUT2D eigenvalue weighted by Gasteiger charge is -2.20. The summed E-state index contributed by atoms with van der Waals surface area (Å²) in [5, 5.41) is 3.12. The van der Waals surface area contributed by atoms with E-state index in [2.05, 4.69) is 17.2 Å². The van der Waals surface area contributed by atoms with Crippen molar-refractivity contribution in [1.82, 2.24) is 5.32 Å². The molecule has 0 saturated carbocycles. The molecule has 0 spiro atoms. The third kappa shape index (κ3) is 8.84. The third-order valence-corrected chi connectivity index (χ3v) is 2.41. The third-order valence-electron chi connectivity index (χ3n) is 2.41. The van der Waals surface area contributed by atoms with E-state index in [0.717, 1.165) is 13.0 Å². The highest BCUT2D eigenvalue weighted by molar-refractivity contribution is 4.95. The van der Waals surface area contributed by atoms with Crippen LogP contribution in [0.2, 0.25) is 0 Å². The standard InChI is InChI=1S/C13H21F4NO/c1-3-5-6-7-11(18-8-4-2)9-19-10-13(16,17)12(14)15/h11-12,18H,4,6-10H2,1-2H3. The molecule has 0 aliphatic rings. The van der Waals surface area contributed by atoms with Gasteiger partial charge in [-0.25, -0.2) is 8.78 Å². The number of halogens is 4. The van der Waals surface area contributed by atoms with E-state index in [4.69, 9.17) is 4.74 Å². The molecule has 0 radical (unpaired) electrons. The number of hydrogen-bond donors (Lipinski definition) is 1. The molecule has 1 N–H and O–H groups in total. The van der Waals surface area contributed by atoms with Crippen molar-refractivity contribution < 1.29 is 22.3 Å². The first kappa shape index (κ1) is 18.2. The van der Waals surface area contributed by atoms with E-state index in [9.17, 15) is 17.6 Å². The van der Waals surface area contributed by atoms with Gasteiger partial charge in [-0.3, -0.25) is 0 Å². The summed E-state index contributed by atoms with van der Waals surface area (Å²) in [4.78, 5) is 0. The second kappa shape index (κ2) is 10.0. The van der Waals surface area contributed by atoms with Crippen LogP contribution in [0.1, 0.15) is 33.1 Å². The maximum absolute atomic E-state index is 12.6. The molecule has 1 unspecified atom stereocenters. The lowest BCUT2D eigenvalue weighted by atomic mass is 10.1. The van der Waals surface area contributed by atoms with Gasteiger partial charge in [0, 0.05) is 12.5 Å². The second-order valence-corrected chi connectivity index (χ2v) is 4.19. The van der Waals surface area contributed by atoms with Crippen molar-refractivity contribution in [2.75, 3.05) is 19.8 Å². The van der Waals surface area contributed by atoms with Crippen LogP contribution in [-0.2, 0) is 4.74 Å². The van der Waals surface area contributed by atoms with Gasteiger partial charge in [-0.1, -0.05) is 6.92 Å². The average Bonchev–Trinajstić information content (AvgIpc) is 2.35. The van der Waals surface area contributed by atoms with Crippen LogP contribution in [0.15, 0.2) is 0 Å². The van der Waals surface area contributed by atoms with Crippen LogP contribution in [0.5, 0.6) is 0 Å². The van der Waals surface area contributed by atoms with Crippen molar-refractivity contribution in [2.45, 2.75) is 51.5 Å². The molecule has 19 heavy (non-hydrogen) atoms. The Morgan fingerprint density at radius 1 is 1.32 bits per heavy atom. The van der Waals surface area contributed by atoms with Crippen molar-refractivity contribution in [3.8, 4) is 11.8 Å². The van der Waals surface area contributed by atoms with E-state index in [1.54, 1.807) is 6.92 Å². The number of rotatable bonds is 10. The monoisotopic (exact) mass is 283 g/mol. The molecule has 0 aromatic heterocycles. The average molecular weight is 283 g/mol. The van der Waals surface area contributed by atoms with Crippen molar-refractivity contribution in [3.05, 3.63) is 0 Å². The van der Waals surface area contributed by atoms with Gasteiger partial charge >= 0.3 is 12.3 Å². The minimum Gasteiger partial charge on any atom is -0.373 e. The van der Waals surface area contributed by atoms with Crippen LogP contribution in [0.25, 0.3) is 0 Å². The van der Waals surface area contributed by atoms with Gasteiger partial charge in [0.1, 0.15) is 6.61 Å².